The summed E-state index contributed by atoms with van der Waals surface area (Å²) in [5.41, 5.74) is 0.823. The average Bonchev–Trinajstić information content (AvgIpc) is 2.30. The predicted octanol–water partition coefficient (Wildman–Crippen LogP) is 1.21. The summed E-state index contributed by atoms with van der Waals surface area (Å²) in [6, 6.07) is 4.43. The second-order valence-corrected chi connectivity index (χ2v) is 5.36. The van der Waals surface area contributed by atoms with Crippen LogP contribution < -0.4 is 4.90 Å². The highest BCUT2D eigenvalue weighted by Crippen LogP contribution is 2.21. The summed E-state index contributed by atoms with van der Waals surface area (Å²) >= 11 is 0. The highest BCUT2D eigenvalue weighted by atomic mass is 32.2. The third-order valence-corrected chi connectivity index (χ3v) is 3.90. The van der Waals surface area contributed by atoms with Gasteiger partial charge in [-0.2, -0.15) is 0 Å². The fraction of sp³-hybridized carbons (Fsp3) is 0.364. The van der Waals surface area contributed by atoms with Crippen LogP contribution in [0.3, 0.4) is 0 Å². The third-order valence-electron chi connectivity index (χ3n) is 2.63. The van der Waals surface area contributed by atoms with E-state index in [4.69, 9.17) is 0 Å². The number of aldehydes is 1. The third kappa shape index (κ3) is 2.29. The second kappa shape index (κ2) is 4.74. The van der Waals surface area contributed by atoms with Gasteiger partial charge in [0, 0.05) is 41.0 Å². The van der Waals surface area contributed by atoms with E-state index in [2.05, 4.69) is 0 Å². The number of halogens is 1. The maximum atomic E-state index is 13.6. The first kappa shape index (κ1) is 11.3. The van der Waals surface area contributed by atoms with Crippen molar-refractivity contribution in [1.29, 1.82) is 0 Å². The number of hydrogen-bond acceptors (Lipinski definition) is 3. The lowest BCUT2D eigenvalue weighted by Crippen LogP contribution is -2.38. The normalized spacial score (nSPS) is 17.4. The van der Waals surface area contributed by atoms with Crippen molar-refractivity contribution >= 4 is 22.8 Å². The lowest BCUT2D eigenvalue weighted by molar-refractivity contribution is 0.112. The smallest absolute Gasteiger partial charge is 0.150 e. The van der Waals surface area contributed by atoms with Crippen LogP contribution in [0.25, 0.3) is 0 Å². The molecule has 0 unspecified atom stereocenters. The van der Waals surface area contributed by atoms with E-state index in [9.17, 15) is 13.4 Å². The van der Waals surface area contributed by atoms with Gasteiger partial charge in [0.1, 0.15) is 12.1 Å². The summed E-state index contributed by atoms with van der Waals surface area (Å²) < 4.78 is 24.8. The van der Waals surface area contributed by atoms with Gasteiger partial charge < -0.3 is 4.90 Å². The van der Waals surface area contributed by atoms with Gasteiger partial charge in [-0.1, -0.05) is 0 Å². The Bertz CT molecular complexity index is 426. The van der Waals surface area contributed by atoms with Crippen molar-refractivity contribution in [3.63, 3.8) is 0 Å². The number of rotatable bonds is 2. The Labute approximate surface area is 95.7 Å². The van der Waals surface area contributed by atoms with E-state index in [0.717, 1.165) is 0 Å². The molecule has 0 spiro atoms. The zero-order valence-electron chi connectivity index (χ0n) is 8.69. The Balaban J connectivity index is 2.20. The molecule has 0 N–H and O–H groups in total. The standard InChI is InChI=1S/C11H12FNO2S/c12-10-7-9(8-14)1-2-11(10)13-3-5-16(15)6-4-13/h1-2,7-8H,3-6H2. The molecule has 0 aromatic heterocycles. The maximum absolute atomic E-state index is 13.6. The molecular weight excluding hydrogens is 229 g/mol. The summed E-state index contributed by atoms with van der Waals surface area (Å²) in [5, 5.41) is 0. The van der Waals surface area contributed by atoms with Crippen LogP contribution >= 0.6 is 0 Å². The van der Waals surface area contributed by atoms with Crippen molar-refractivity contribution in [2.24, 2.45) is 0 Å². The van der Waals surface area contributed by atoms with Crippen LogP contribution in [-0.4, -0.2) is 35.1 Å². The van der Waals surface area contributed by atoms with Crippen molar-refractivity contribution in [2.75, 3.05) is 29.5 Å². The Hall–Kier alpha value is -1.23. The molecule has 1 saturated heterocycles. The Morgan fingerprint density at radius 3 is 2.56 bits per heavy atom. The molecule has 16 heavy (non-hydrogen) atoms. The molecule has 5 heteroatoms. The van der Waals surface area contributed by atoms with Gasteiger partial charge in [0.15, 0.2) is 0 Å². The number of carbonyl (C=O) groups excluding carboxylic acids is 1. The minimum Gasteiger partial charge on any atom is -0.367 e. The fourth-order valence-corrected chi connectivity index (χ4v) is 2.78. The molecule has 1 aliphatic heterocycles. The van der Waals surface area contributed by atoms with Crippen LogP contribution in [0.5, 0.6) is 0 Å². The van der Waals surface area contributed by atoms with E-state index < -0.39 is 16.6 Å². The van der Waals surface area contributed by atoms with Crippen LogP contribution in [0, 0.1) is 5.82 Å². The molecule has 0 amide bonds. The van der Waals surface area contributed by atoms with Gasteiger partial charge in [0.2, 0.25) is 0 Å². The summed E-state index contributed by atoms with van der Waals surface area (Å²) in [6.45, 7) is 1.20. The van der Waals surface area contributed by atoms with Gasteiger partial charge in [-0.15, -0.1) is 0 Å². The van der Waals surface area contributed by atoms with E-state index in [1.807, 2.05) is 4.90 Å². The van der Waals surface area contributed by atoms with E-state index in [1.165, 1.54) is 6.07 Å². The van der Waals surface area contributed by atoms with Gasteiger partial charge >= 0.3 is 0 Å². The number of anilines is 1. The Morgan fingerprint density at radius 1 is 1.31 bits per heavy atom. The predicted molar refractivity (Wildman–Crippen MR) is 61.9 cm³/mol. The van der Waals surface area contributed by atoms with Crippen LogP contribution in [0.4, 0.5) is 10.1 Å². The number of carbonyl (C=O) groups is 1. The van der Waals surface area contributed by atoms with Crippen molar-refractivity contribution in [2.45, 2.75) is 0 Å². The van der Waals surface area contributed by atoms with Gasteiger partial charge in [-0.3, -0.25) is 9.00 Å². The van der Waals surface area contributed by atoms with E-state index in [-0.39, 0.29) is 0 Å². The van der Waals surface area contributed by atoms with Crippen molar-refractivity contribution in [3.05, 3.63) is 29.6 Å². The molecule has 0 radical (unpaired) electrons. The SMILES string of the molecule is O=Cc1ccc(N2CCS(=O)CC2)c(F)c1. The fourth-order valence-electron chi connectivity index (χ4n) is 1.73. The second-order valence-electron chi connectivity index (χ2n) is 3.66. The molecule has 0 bridgehead atoms. The van der Waals surface area contributed by atoms with E-state index >= 15 is 0 Å². The topological polar surface area (TPSA) is 37.4 Å². The summed E-state index contributed by atoms with van der Waals surface area (Å²) in [4.78, 5) is 12.3. The summed E-state index contributed by atoms with van der Waals surface area (Å²) in [7, 11) is -0.768. The van der Waals surface area contributed by atoms with E-state index in [0.29, 0.717) is 42.1 Å². The highest BCUT2D eigenvalue weighted by Gasteiger charge is 2.18. The first-order valence-electron chi connectivity index (χ1n) is 5.05. The maximum Gasteiger partial charge on any atom is 0.150 e. The van der Waals surface area contributed by atoms with Crippen LogP contribution in [0.15, 0.2) is 18.2 Å². The molecule has 1 aliphatic rings. The molecule has 2 rings (SSSR count). The molecule has 86 valence electrons. The number of nitrogens with zero attached hydrogens (tertiary/aromatic N) is 1. The quantitative estimate of drug-likeness (QED) is 0.730. The molecule has 0 saturated carbocycles. The van der Waals surface area contributed by atoms with Gasteiger partial charge in [0.25, 0.3) is 0 Å². The molecule has 1 aromatic carbocycles. The number of hydrogen-bond donors (Lipinski definition) is 0. The summed E-state index contributed by atoms with van der Waals surface area (Å²) in [6.07, 6.45) is 0.623. The highest BCUT2D eigenvalue weighted by molar-refractivity contribution is 7.85. The van der Waals surface area contributed by atoms with E-state index in [1.54, 1.807) is 12.1 Å². The monoisotopic (exact) mass is 241 g/mol. The van der Waals surface area contributed by atoms with Gasteiger partial charge in [-0.25, -0.2) is 4.39 Å². The largest absolute Gasteiger partial charge is 0.367 e. The molecule has 0 atom stereocenters. The average molecular weight is 241 g/mol. The van der Waals surface area contributed by atoms with Crippen molar-refractivity contribution < 1.29 is 13.4 Å². The first-order valence-corrected chi connectivity index (χ1v) is 6.54. The van der Waals surface area contributed by atoms with Gasteiger partial charge in [-0.05, 0) is 18.2 Å². The molecular formula is C11H12FNO2S. The first-order chi connectivity index (χ1) is 7.70. The zero-order chi connectivity index (χ0) is 11.5. The molecule has 1 heterocycles. The minimum absolute atomic E-state index is 0.335. The Kier molecular flexibility index (Phi) is 3.33. The number of benzene rings is 1. The van der Waals surface area contributed by atoms with Crippen molar-refractivity contribution in [1.82, 2.24) is 0 Å². The lowest BCUT2D eigenvalue weighted by Gasteiger charge is -2.28. The zero-order valence-corrected chi connectivity index (χ0v) is 9.50. The Morgan fingerprint density at radius 2 is 2.00 bits per heavy atom. The van der Waals surface area contributed by atoms with Crippen LogP contribution in [-0.2, 0) is 10.8 Å². The van der Waals surface area contributed by atoms with Crippen molar-refractivity contribution in [3.8, 4) is 0 Å². The molecule has 1 aromatic rings. The van der Waals surface area contributed by atoms with Crippen LogP contribution in [0.2, 0.25) is 0 Å². The lowest BCUT2D eigenvalue weighted by atomic mass is 10.2. The minimum atomic E-state index is -0.768. The van der Waals surface area contributed by atoms with Crippen LogP contribution in [0.1, 0.15) is 10.4 Å². The molecule has 0 aliphatic carbocycles. The van der Waals surface area contributed by atoms with Gasteiger partial charge in [0.05, 0.1) is 5.69 Å². The molecule has 3 nitrogen and oxygen atoms in total. The summed E-state index contributed by atoms with van der Waals surface area (Å²) in [5.74, 6) is 0.765. The molecule has 1 fully saturated rings.